The van der Waals surface area contributed by atoms with Crippen LogP contribution in [0.3, 0.4) is 0 Å². The number of benzene rings is 3. The number of nitrogens with zero attached hydrogens (tertiary/aromatic N) is 3. The average Bonchev–Trinajstić information content (AvgIpc) is 3.34. The Morgan fingerprint density at radius 1 is 1.00 bits per heavy atom. The molecule has 0 unspecified atom stereocenters. The molecule has 2 heterocycles. The maximum atomic E-state index is 13.5. The number of carbonyl (C=O) groups is 1. The minimum absolute atomic E-state index is 0.200. The molecule has 178 valence electrons. The number of aromatic nitrogens is 2. The fourth-order valence-corrected chi connectivity index (χ4v) is 4.20. The number of hydrogen-bond donors (Lipinski definition) is 1. The van der Waals surface area contributed by atoms with Crippen LogP contribution in [0.2, 0.25) is 0 Å². The predicted octanol–water partition coefficient (Wildman–Crippen LogP) is 4.70. The van der Waals surface area contributed by atoms with Crippen molar-refractivity contribution in [3.05, 3.63) is 96.2 Å². The summed E-state index contributed by atoms with van der Waals surface area (Å²) < 4.78 is 12.6. The summed E-state index contributed by atoms with van der Waals surface area (Å²) in [5.41, 5.74) is 4.93. The van der Waals surface area contributed by atoms with Crippen molar-refractivity contribution in [2.75, 3.05) is 43.6 Å². The third-order valence-corrected chi connectivity index (χ3v) is 6.04. The van der Waals surface area contributed by atoms with E-state index in [4.69, 9.17) is 14.6 Å². The molecule has 0 atom stereocenters. The Morgan fingerprint density at radius 3 is 2.51 bits per heavy atom. The van der Waals surface area contributed by atoms with Crippen LogP contribution in [-0.4, -0.2) is 49.1 Å². The molecule has 0 bridgehead atoms. The van der Waals surface area contributed by atoms with E-state index in [0.29, 0.717) is 31.0 Å². The van der Waals surface area contributed by atoms with Crippen LogP contribution in [-0.2, 0) is 11.3 Å². The minimum atomic E-state index is -0.200. The Kier molecular flexibility index (Phi) is 6.77. The van der Waals surface area contributed by atoms with E-state index in [9.17, 15) is 4.79 Å². The number of nitrogens with one attached hydrogen (secondary N) is 1. The van der Waals surface area contributed by atoms with E-state index in [-0.39, 0.29) is 5.91 Å². The second-order valence-electron chi connectivity index (χ2n) is 8.41. The molecule has 5 rings (SSSR count). The topological polar surface area (TPSA) is 68.6 Å². The Bertz CT molecular complexity index is 1280. The van der Waals surface area contributed by atoms with Gasteiger partial charge in [0.15, 0.2) is 0 Å². The van der Waals surface area contributed by atoms with E-state index in [1.54, 1.807) is 7.11 Å². The van der Waals surface area contributed by atoms with E-state index in [0.717, 1.165) is 41.3 Å². The molecule has 4 aromatic rings. The molecular formula is C28H28N4O3. The lowest BCUT2D eigenvalue weighted by Gasteiger charge is -2.29. The molecule has 0 aliphatic carbocycles. The van der Waals surface area contributed by atoms with Gasteiger partial charge in [-0.15, -0.1) is 0 Å². The van der Waals surface area contributed by atoms with E-state index in [1.807, 2.05) is 83.7 Å². The van der Waals surface area contributed by atoms with E-state index in [1.165, 1.54) is 0 Å². The van der Waals surface area contributed by atoms with Gasteiger partial charge in [0.25, 0.3) is 5.91 Å². The molecule has 1 fully saturated rings. The largest absolute Gasteiger partial charge is 0.497 e. The van der Waals surface area contributed by atoms with Crippen LogP contribution in [0.5, 0.6) is 5.75 Å². The zero-order valence-corrected chi connectivity index (χ0v) is 19.7. The zero-order valence-electron chi connectivity index (χ0n) is 19.7. The smallest absolute Gasteiger partial charge is 0.259 e. The van der Waals surface area contributed by atoms with Crippen LogP contribution < -0.4 is 15.0 Å². The number of hydrogen-bond acceptors (Lipinski definition) is 5. The summed E-state index contributed by atoms with van der Waals surface area (Å²) in [6.45, 7) is 3.67. The molecule has 0 radical (unpaired) electrons. The highest BCUT2D eigenvalue weighted by atomic mass is 16.5. The molecule has 7 heteroatoms. The van der Waals surface area contributed by atoms with Gasteiger partial charge in [-0.1, -0.05) is 36.4 Å². The summed E-state index contributed by atoms with van der Waals surface area (Å²) in [6.07, 6.45) is 1.81. The summed E-state index contributed by atoms with van der Waals surface area (Å²) in [7, 11) is 1.63. The first kappa shape index (κ1) is 22.7. The van der Waals surface area contributed by atoms with Gasteiger partial charge >= 0.3 is 0 Å². The van der Waals surface area contributed by atoms with Crippen LogP contribution in [0.1, 0.15) is 15.9 Å². The molecule has 1 aliphatic rings. The fraction of sp³-hybridized carbons (Fsp3) is 0.214. The minimum Gasteiger partial charge on any atom is -0.497 e. The van der Waals surface area contributed by atoms with Crippen molar-refractivity contribution in [3.8, 4) is 17.0 Å². The molecular weight excluding hydrogens is 440 g/mol. The number of carbonyl (C=O) groups excluding carboxylic acids is 1. The molecule has 7 nitrogen and oxygen atoms in total. The standard InChI is InChI=1S/C28H28N4O3/c1-34-25-12-10-22(11-13-25)27-26(20-32(30-27)19-21-6-3-2-4-7-21)28(33)29-23-8-5-9-24(18-23)31-14-16-35-17-15-31/h2-13,18,20H,14-17,19H2,1H3,(H,29,33). The third kappa shape index (κ3) is 5.36. The van der Waals surface area contributed by atoms with Gasteiger partial charge < -0.3 is 19.7 Å². The summed E-state index contributed by atoms with van der Waals surface area (Å²) in [5.74, 6) is 0.553. The zero-order chi connectivity index (χ0) is 24.0. The van der Waals surface area contributed by atoms with Crippen molar-refractivity contribution in [2.45, 2.75) is 6.54 Å². The molecule has 0 spiro atoms. The normalized spacial score (nSPS) is 13.5. The van der Waals surface area contributed by atoms with Gasteiger partial charge in [0.05, 0.1) is 32.4 Å². The average molecular weight is 469 g/mol. The molecule has 1 amide bonds. The molecule has 1 aliphatic heterocycles. The molecule has 1 aromatic heterocycles. The number of amides is 1. The summed E-state index contributed by atoms with van der Waals surface area (Å²) >= 11 is 0. The first-order valence-corrected chi connectivity index (χ1v) is 11.7. The Hall–Kier alpha value is -4.10. The van der Waals surface area contributed by atoms with Gasteiger partial charge in [-0.2, -0.15) is 5.10 Å². The van der Waals surface area contributed by atoms with Crippen molar-refractivity contribution in [3.63, 3.8) is 0 Å². The van der Waals surface area contributed by atoms with Crippen molar-refractivity contribution >= 4 is 17.3 Å². The Balaban J connectivity index is 1.43. The third-order valence-electron chi connectivity index (χ3n) is 6.04. The molecule has 35 heavy (non-hydrogen) atoms. The van der Waals surface area contributed by atoms with E-state index >= 15 is 0 Å². The van der Waals surface area contributed by atoms with Crippen molar-refractivity contribution in [1.29, 1.82) is 0 Å². The van der Waals surface area contributed by atoms with Crippen molar-refractivity contribution < 1.29 is 14.3 Å². The van der Waals surface area contributed by atoms with Crippen LogP contribution in [0.15, 0.2) is 85.1 Å². The van der Waals surface area contributed by atoms with Crippen LogP contribution in [0.4, 0.5) is 11.4 Å². The van der Waals surface area contributed by atoms with Gasteiger partial charge in [0.1, 0.15) is 11.4 Å². The molecule has 1 N–H and O–H groups in total. The maximum Gasteiger partial charge on any atom is 0.259 e. The number of anilines is 2. The van der Waals surface area contributed by atoms with E-state index < -0.39 is 0 Å². The number of methoxy groups -OCH3 is 1. The lowest BCUT2D eigenvalue weighted by molar-refractivity contribution is 0.102. The number of rotatable bonds is 7. The Morgan fingerprint density at radius 2 is 1.77 bits per heavy atom. The second kappa shape index (κ2) is 10.4. The number of morpholine rings is 1. The highest BCUT2D eigenvalue weighted by Gasteiger charge is 2.19. The van der Waals surface area contributed by atoms with Gasteiger partial charge in [0.2, 0.25) is 0 Å². The van der Waals surface area contributed by atoms with Crippen LogP contribution in [0.25, 0.3) is 11.3 Å². The summed E-state index contributed by atoms with van der Waals surface area (Å²) in [6, 6.07) is 25.6. The van der Waals surface area contributed by atoms with Gasteiger partial charge in [-0.25, -0.2) is 0 Å². The molecule has 1 saturated heterocycles. The first-order chi connectivity index (χ1) is 17.2. The predicted molar refractivity (Wildman–Crippen MR) is 137 cm³/mol. The Labute approximate surface area is 204 Å². The highest BCUT2D eigenvalue weighted by Crippen LogP contribution is 2.27. The van der Waals surface area contributed by atoms with Gasteiger partial charge in [-0.05, 0) is 48.0 Å². The van der Waals surface area contributed by atoms with E-state index in [2.05, 4.69) is 16.3 Å². The fourth-order valence-electron chi connectivity index (χ4n) is 4.20. The lowest BCUT2D eigenvalue weighted by atomic mass is 10.1. The second-order valence-corrected chi connectivity index (χ2v) is 8.41. The van der Waals surface area contributed by atoms with Crippen molar-refractivity contribution in [2.24, 2.45) is 0 Å². The van der Waals surface area contributed by atoms with Crippen molar-refractivity contribution in [1.82, 2.24) is 9.78 Å². The van der Waals surface area contributed by atoms with Crippen LogP contribution >= 0.6 is 0 Å². The molecule has 3 aromatic carbocycles. The quantitative estimate of drug-likeness (QED) is 0.426. The SMILES string of the molecule is COc1ccc(-c2nn(Cc3ccccc3)cc2C(=O)Nc2cccc(N3CCOCC3)c2)cc1. The monoisotopic (exact) mass is 468 g/mol. The lowest BCUT2D eigenvalue weighted by Crippen LogP contribution is -2.36. The number of ether oxygens (including phenoxy) is 2. The van der Waals surface area contributed by atoms with Gasteiger partial charge in [0, 0.05) is 36.2 Å². The van der Waals surface area contributed by atoms with Gasteiger partial charge in [-0.3, -0.25) is 9.48 Å². The maximum absolute atomic E-state index is 13.5. The molecule has 0 saturated carbocycles. The van der Waals surface area contributed by atoms with Crippen LogP contribution in [0, 0.1) is 0 Å². The highest BCUT2D eigenvalue weighted by molar-refractivity contribution is 6.08. The summed E-state index contributed by atoms with van der Waals surface area (Å²) in [5, 5.41) is 7.85. The first-order valence-electron chi connectivity index (χ1n) is 11.7. The summed E-state index contributed by atoms with van der Waals surface area (Å²) in [4.78, 5) is 15.7.